The molecule has 1 fully saturated rings. The molecule has 0 atom stereocenters. The molecule has 3 aromatic rings. The lowest BCUT2D eigenvalue weighted by molar-refractivity contribution is 0.556. The van der Waals surface area contributed by atoms with Crippen LogP contribution < -0.4 is 9.80 Å². The Morgan fingerprint density at radius 1 is 0.926 bits per heavy atom. The number of piperazine rings is 1. The maximum atomic E-state index is 14.8. The predicted molar refractivity (Wildman–Crippen MR) is 102 cm³/mol. The largest absolute Gasteiger partial charge is 0.351 e. The van der Waals surface area contributed by atoms with Gasteiger partial charge in [-0.15, -0.1) is 0 Å². The van der Waals surface area contributed by atoms with E-state index in [0.717, 1.165) is 23.5 Å². The highest BCUT2D eigenvalue weighted by molar-refractivity contribution is 5.83. The number of rotatable bonds is 4. The first-order chi connectivity index (χ1) is 13.1. The number of hydrogen-bond acceptors (Lipinski definition) is 7. The van der Waals surface area contributed by atoms with Crippen LogP contribution in [0, 0.1) is 5.82 Å². The first kappa shape index (κ1) is 17.6. The molecule has 4 heterocycles. The summed E-state index contributed by atoms with van der Waals surface area (Å²) in [4.78, 5) is 25.7. The van der Waals surface area contributed by atoms with Crippen molar-refractivity contribution in [3.8, 4) is 0 Å². The summed E-state index contributed by atoms with van der Waals surface area (Å²) in [5.74, 6) is 0.928. The van der Waals surface area contributed by atoms with Crippen molar-refractivity contribution in [1.29, 1.82) is 0 Å². The van der Waals surface area contributed by atoms with Gasteiger partial charge >= 0.3 is 0 Å². The van der Waals surface area contributed by atoms with Crippen molar-refractivity contribution < 1.29 is 4.39 Å². The van der Waals surface area contributed by atoms with Gasteiger partial charge in [0.15, 0.2) is 28.6 Å². The number of imidazole rings is 1. The number of hydrogen-bond donors (Lipinski definition) is 0. The van der Waals surface area contributed by atoms with Gasteiger partial charge in [0, 0.05) is 32.7 Å². The van der Waals surface area contributed by atoms with Crippen molar-refractivity contribution in [2.75, 3.05) is 36.0 Å². The minimum absolute atomic E-state index is 0.0241. The Balaban J connectivity index is 1.55. The summed E-state index contributed by atoms with van der Waals surface area (Å²) < 4.78 is 16.8. The lowest BCUT2D eigenvalue weighted by atomic mass is 10.1. The van der Waals surface area contributed by atoms with Gasteiger partial charge in [-0.2, -0.15) is 0 Å². The van der Waals surface area contributed by atoms with Crippen molar-refractivity contribution in [2.45, 2.75) is 33.2 Å². The van der Waals surface area contributed by atoms with E-state index in [1.165, 1.54) is 6.33 Å². The van der Waals surface area contributed by atoms with E-state index in [4.69, 9.17) is 0 Å². The Morgan fingerprint density at radius 3 is 2.22 bits per heavy atom. The molecule has 4 rings (SSSR count). The van der Waals surface area contributed by atoms with Crippen molar-refractivity contribution in [1.82, 2.24) is 29.5 Å². The molecule has 8 nitrogen and oxygen atoms in total. The van der Waals surface area contributed by atoms with Gasteiger partial charge in [-0.05, 0) is 12.8 Å². The summed E-state index contributed by atoms with van der Waals surface area (Å²) in [5.41, 5.74) is 2.11. The number of anilines is 2. The summed E-state index contributed by atoms with van der Waals surface area (Å²) in [6.45, 7) is 9.48. The molecule has 0 N–H and O–H groups in total. The van der Waals surface area contributed by atoms with Crippen molar-refractivity contribution >= 4 is 22.8 Å². The van der Waals surface area contributed by atoms with Crippen LogP contribution in [0.15, 0.2) is 19.0 Å². The molecule has 0 radical (unpaired) electrons. The second-order valence-electron chi connectivity index (χ2n) is 6.93. The lowest BCUT2D eigenvalue weighted by Gasteiger charge is -2.36. The van der Waals surface area contributed by atoms with Gasteiger partial charge in [0.05, 0.1) is 12.0 Å². The Labute approximate surface area is 157 Å². The van der Waals surface area contributed by atoms with Crippen LogP contribution in [0.4, 0.5) is 16.0 Å². The third kappa shape index (κ3) is 3.07. The third-order valence-corrected chi connectivity index (χ3v) is 4.95. The SMILES string of the molecule is CCn1cnc2c(N3CCN(c4ncnc(C(C)C)c4F)CC3)ncnc21. The molecule has 9 heteroatoms. The van der Waals surface area contributed by atoms with Crippen molar-refractivity contribution in [3.05, 3.63) is 30.5 Å². The maximum Gasteiger partial charge on any atom is 0.187 e. The molecule has 3 aromatic heterocycles. The van der Waals surface area contributed by atoms with Crippen LogP contribution in [0.2, 0.25) is 0 Å². The van der Waals surface area contributed by atoms with E-state index >= 15 is 0 Å². The molecule has 142 valence electrons. The topological polar surface area (TPSA) is 75.9 Å². The molecule has 27 heavy (non-hydrogen) atoms. The Morgan fingerprint density at radius 2 is 1.56 bits per heavy atom. The number of nitrogens with zero attached hydrogens (tertiary/aromatic N) is 8. The van der Waals surface area contributed by atoms with Gasteiger partial charge in [0.1, 0.15) is 12.7 Å². The highest BCUT2D eigenvalue weighted by atomic mass is 19.1. The monoisotopic (exact) mass is 370 g/mol. The zero-order valence-corrected chi connectivity index (χ0v) is 15.8. The summed E-state index contributed by atoms with van der Waals surface area (Å²) in [6, 6.07) is 0. The average Bonchev–Trinajstić information content (AvgIpc) is 3.11. The van der Waals surface area contributed by atoms with Crippen LogP contribution >= 0.6 is 0 Å². The van der Waals surface area contributed by atoms with Gasteiger partial charge in [0.2, 0.25) is 0 Å². The van der Waals surface area contributed by atoms with Crippen LogP contribution in [0.1, 0.15) is 32.4 Å². The molecule has 0 bridgehead atoms. The summed E-state index contributed by atoms with van der Waals surface area (Å²) >= 11 is 0. The molecular weight excluding hydrogens is 347 g/mol. The second-order valence-corrected chi connectivity index (χ2v) is 6.93. The standard InChI is InChI=1S/C18H23FN8/c1-4-25-11-24-15-17(25)22-10-23-18(15)27-7-5-26(6-8-27)16-13(19)14(12(2)3)20-9-21-16/h9-12H,4-8H2,1-3H3. The highest BCUT2D eigenvalue weighted by Crippen LogP contribution is 2.26. The van der Waals surface area contributed by atoms with E-state index in [0.29, 0.717) is 37.7 Å². The second kappa shape index (κ2) is 7.05. The van der Waals surface area contributed by atoms with E-state index in [1.807, 2.05) is 23.3 Å². The molecule has 0 spiro atoms. The molecule has 0 aliphatic carbocycles. The van der Waals surface area contributed by atoms with E-state index < -0.39 is 0 Å². The zero-order chi connectivity index (χ0) is 19.0. The van der Waals surface area contributed by atoms with Gasteiger partial charge in [-0.3, -0.25) is 0 Å². The number of aryl methyl sites for hydroxylation is 1. The van der Waals surface area contributed by atoms with Crippen LogP contribution in [0.3, 0.4) is 0 Å². The smallest absolute Gasteiger partial charge is 0.187 e. The number of aromatic nitrogens is 6. The zero-order valence-electron chi connectivity index (χ0n) is 15.8. The van der Waals surface area contributed by atoms with Gasteiger partial charge < -0.3 is 14.4 Å². The molecule has 1 aliphatic rings. The molecular formula is C18H23FN8. The van der Waals surface area contributed by atoms with Crippen molar-refractivity contribution in [3.63, 3.8) is 0 Å². The first-order valence-electron chi connectivity index (χ1n) is 9.26. The fraction of sp³-hybridized carbons (Fsp3) is 0.500. The van der Waals surface area contributed by atoms with E-state index in [1.54, 1.807) is 12.7 Å². The van der Waals surface area contributed by atoms with Gasteiger partial charge in [-0.1, -0.05) is 13.8 Å². The number of halogens is 1. The van der Waals surface area contributed by atoms with E-state index in [9.17, 15) is 4.39 Å². The van der Waals surface area contributed by atoms with Gasteiger partial charge in [-0.25, -0.2) is 29.3 Å². The van der Waals surface area contributed by atoms with Crippen molar-refractivity contribution in [2.24, 2.45) is 0 Å². The fourth-order valence-electron chi connectivity index (χ4n) is 3.46. The van der Waals surface area contributed by atoms with Crippen LogP contribution in [0.5, 0.6) is 0 Å². The maximum absolute atomic E-state index is 14.8. The minimum atomic E-state index is -0.313. The third-order valence-electron chi connectivity index (χ3n) is 4.95. The first-order valence-corrected chi connectivity index (χ1v) is 9.26. The number of fused-ring (bicyclic) bond motifs is 1. The lowest BCUT2D eigenvalue weighted by Crippen LogP contribution is -2.47. The van der Waals surface area contributed by atoms with Crippen LogP contribution in [-0.2, 0) is 6.54 Å². The Hall–Kier alpha value is -2.84. The summed E-state index contributed by atoms with van der Waals surface area (Å²) in [7, 11) is 0. The van der Waals surface area contributed by atoms with Crippen LogP contribution in [0.25, 0.3) is 11.2 Å². The minimum Gasteiger partial charge on any atom is -0.351 e. The summed E-state index contributed by atoms with van der Waals surface area (Å²) in [6.07, 6.45) is 4.82. The quantitative estimate of drug-likeness (QED) is 0.697. The van der Waals surface area contributed by atoms with Crippen LogP contribution in [-0.4, -0.2) is 55.7 Å². The molecule has 0 aromatic carbocycles. The predicted octanol–water partition coefficient (Wildman–Crippen LogP) is 2.23. The van der Waals surface area contributed by atoms with Gasteiger partial charge in [0.25, 0.3) is 0 Å². The summed E-state index contributed by atoms with van der Waals surface area (Å²) in [5, 5.41) is 0. The molecule has 0 unspecified atom stereocenters. The normalized spacial score (nSPS) is 15.1. The molecule has 1 aliphatic heterocycles. The molecule has 0 saturated carbocycles. The van der Waals surface area contributed by atoms with E-state index in [-0.39, 0.29) is 11.7 Å². The Bertz CT molecular complexity index is 946. The van der Waals surface area contributed by atoms with E-state index in [2.05, 4.69) is 36.7 Å². The molecule has 0 amide bonds. The highest BCUT2D eigenvalue weighted by Gasteiger charge is 2.25. The fourth-order valence-corrected chi connectivity index (χ4v) is 3.46. The molecule has 1 saturated heterocycles. The average molecular weight is 370 g/mol. The Kier molecular flexibility index (Phi) is 4.59.